The maximum atomic E-state index is 12.4. The van der Waals surface area contributed by atoms with Crippen LogP contribution in [0.1, 0.15) is 13.8 Å². The molecule has 104 valence electrons. The van der Waals surface area contributed by atoms with E-state index in [4.69, 9.17) is 0 Å². The first kappa shape index (κ1) is 15.0. The van der Waals surface area contributed by atoms with E-state index in [0.717, 1.165) is 9.91 Å². The van der Waals surface area contributed by atoms with E-state index < -0.39 is 28.9 Å². The van der Waals surface area contributed by atoms with Crippen molar-refractivity contribution in [2.75, 3.05) is 14.1 Å². The number of alkyl halides is 3. The highest BCUT2D eigenvalue weighted by Gasteiger charge is 2.51. The standard InChI is InChI=1S/C9H15F3N4OS/c1-8(2)6(15(3)4)16(7(17)13-8)14-5(18)9(10,11)12/h6H,1-4H3,(H,13,17)(H,14,18)/p+1/t6-/m0/s1. The molecule has 0 aromatic rings. The van der Waals surface area contributed by atoms with Crippen LogP contribution in [-0.4, -0.2) is 48.0 Å². The molecule has 0 spiro atoms. The summed E-state index contributed by atoms with van der Waals surface area (Å²) >= 11 is 4.23. The van der Waals surface area contributed by atoms with Gasteiger partial charge in [-0.2, -0.15) is 18.2 Å². The van der Waals surface area contributed by atoms with Crippen LogP contribution in [-0.2, 0) is 0 Å². The van der Waals surface area contributed by atoms with Crippen LogP contribution in [0, 0.1) is 0 Å². The number of rotatable bonds is 2. The minimum atomic E-state index is -4.66. The van der Waals surface area contributed by atoms with Crippen molar-refractivity contribution in [3.05, 3.63) is 0 Å². The molecule has 1 saturated heterocycles. The Labute approximate surface area is 108 Å². The second kappa shape index (κ2) is 4.54. The van der Waals surface area contributed by atoms with Crippen molar-refractivity contribution in [2.45, 2.75) is 31.7 Å². The molecule has 1 atom stereocenters. The number of nitrogens with zero attached hydrogens (tertiary/aromatic N) is 1. The minimum absolute atomic E-state index is 0.509. The van der Waals surface area contributed by atoms with Crippen molar-refractivity contribution in [3.63, 3.8) is 0 Å². The molecule has 1 aliphatic rings. The summed E-state index contributed by atoms with van der Waals surface area (Å²) in [6.45, 7) is 3.47. The zero-order valence-electron chi connectivity index (χ0n) is 10.5. The normalized spacial score (nSPS) is 23.2. The van der Waals surface area contributed by atoms with Crippen molar-refractivity contribution >= 4 is 23.2 Å². The van der Waals surface area contributed by atoms with E-state index in [1.807, 2.05) is 5.43 Å². The fraction of sp³-hybridized carbons (Fsp3) is 0.778. The number of urea groups is 1. The SMILES string of the molecule is C[NH+](C)[C@H]1N(NC(=S)C(F)(F)F)C(=O)NC1(C)C. The van der Waals surface area contributed by atoms with Crippen LogP contribution in [0.25, 0.3) is 0 Å². The van der Waals surface area contributed by atoms with Crippen LogP contribution in [0.15, 0.2) is 0 Å². The number of hydrogen-bond acceptors (Lipinski definition) is 2. The fourth-order valence-electron chi connectivity index (χ4n) is 2.11. The number of nitrogens with one attached hydrogen (secondary N) is 3. The molecule has 0 unspecified atom stereocenters. The first-order chi connectivity index (χ1) is 7.97. The lowest BCUT2D eigenvalue weighted by Gasteiger charge is -2.33. The van der Waals surface area contributed by atoms with Gasteiger partial charge in [0.2, 0.25) is 11.2 Å². The van der Waals surface area contributed by atoms with Crippen LogP contribution < -0.4 is 15.6 Å². The number of halogens is 3. The molecule has 2 amide bonds. The molecule has 18 heavy (non-hydrogen) atoms. The molecule has 1 heterocycles. The third-order valence-corrected chi connectivity index (χ3v) is 2.94. The molecule has 0 saturated carbocycles. The van der Waals surface area contributed by atoms with Gasteiger partial charge in [0.05, 0.1) is 14.1 Å². The van der Waals surface area contributed by atoms with Gasteiger partial charge in [0, 0.05) is 0 Å². The molecule has 3 N–H and O–H groups in total. The van der Waals surface area contributed by atoms with Crippen LogP contribution in [0.3, 0.4) is 0 Å². The Hall–Kier alpha value is -1.09. The maximum Gasteiger partial charge on any atom is 0.443 e. The second-order valence-corrected chi connectivity index (χ2v) is 5.35. The van der Waals surface area contributed by atoms with Gasteiger partial charge in [-0.3, -0.25) is 5.43 Å². The summed E-state index contributed by atoms with van der Waals surface area (Å²) in [6, 6.07) is -0.627. The number of carbonyl (C=O) groups is 1. The number of hydrazine groups is 1. The number of thiocarbonyl (C=S) groups is 1. The first-order valence-corrected chi connectivity index (χ1v) is 5.67. The summed E-state index contributed by atoms with van der Waals surface area (Å²) in [5.74, 6) is 0. The lowest BCUT2D eigenvalue weighted by atomic mass is 10.0. The van der Waals surface area contributed by atoms with E-state index in [0.29, 0.717) is 0 Å². The van der Waals surface area contributed by atoms with E-state index in [1.54, 1.807) is 27.9 Å². The Morgan fingerprint density at radius 1 is 1.50 bits per heavy atom. The maximum absolute atomic E-state index is 12.4. The van der Waals surface area contributed by atoms with Crippen molar-refractivity contribution in [2.24, 2.45) is 0 Å². The van der Waals surface area contributed by atoms with Crippen molar-refractivity contribution in [1.29, 1.82) is 0 Å². The summed E-state index contributed by atoms with van der Waals surface area (Å²) in [7, 11) is 3.50. The minimum Gasteiger partial charge on any atom is -0.323 e. The van der Waals surface area contributed by atoms with E-state index in [2.05, 4.69) is 17.5 Å². The molecule has 9 heteroatoms. The van der Waals surface area contributed by atoms with Gasteiger partial charge < -0.3 is 10.2 Å². The smallest absolute Gasteiger partial charge is 0.323 e. The van der Waals surface area contributed by atoms with Gasteiger partial charge in [-0.25, -0.2) is 4.79 Å². The number of amides is 2. The van der Waals surface area contributed by atoms with E-state index in [-0.39, 0.29) is 0 Å². The Balaban J connectivity index is 2.93. The fourth-order valence-corrected chi connectivity index (χ4v) is 2.21. The second-order valence-electron chi connectivity index (χ2n) is 4.94. The third kappa shape index (κ3) is 2.83. The predicted molar refractivity (Wildman–Crippen MR) is 62.8 cm³/mol. The van der Waals surface area contributed by atoms with Crippen molar-refractivity contribution in [1.82, 2.24) is 15.8 Å². The number of carbonyl (C=O) groups excluding carboxylic acids is 1. The lowest BCUT2D eigenvalue weighted by molar-refractivity contribution is -0.900. The third-order valence-electron chi connectivity index (χ3n) is 2.62. The molecule has 1 rings (SSSR count). The molecule has 0 bridgehead atoms. The van der Waals surface area contributed by atoms with Gasteiger partial charge in [0.25, 0.3) is 0 Å². The summed E-state index contributed by atoms with van der Waals surface area (Å²) in [6.07, 6.45) is -5.17. The van der Waals surface area contributed by atoms with Crippen molar-refractivity contribution in [3.8, 4) is 0 Å². The average Bonchev–Trinajstić information content (AvgIpc) is 2.34. The highest BCUT2D eigenvalue weighted by Crippen LogP contribution is 2.20. The highest BCUT2D eigenvalue weighted by atomic mass is 32.1. The van der Waals surface area contributed by atoms with Gasteiger partial charge in [-0.1, -0.05) is 12.2 Å². The zero-order chi connectivity index (χ0) is 14.3. The Morgan fingerprint density at radius 3 is 2.39 bits per heavy atom. The van der Waals surface area contributed by atoms with Crippen LogP contribution in [0.4, 0.5) is 18.0 Å². The topological polar surface area (TPSA) is 48.8 Å². The number of hydrogen-bond donors (Lipinski definition) is 3. The van der Waals surface area contributed by atoms with Gasteiger partial charge in [0.1, 0.15) is 5.54 Å². The first-order valence-electron chi connectivity index (χ1n) is 5.26. The quantitative estimate of drug-likeness (QED) is 0.608. The monoisotopic (exact) mass is 285 g/mol. The van der Waals surface area contributed by atoms with E-state index >= 15 is 0 Å². The van der Waals surface area contributed by atoms with Gasteiger partial charge in [0.15, 0.2) is 0 Å². The molecule has 0 radical (unpaired) electrons. The van der Waals surface area contributed by atoms with Gasteiger partial charge >= 0.3 is 12.2 Å². The summed E-state index contributed by atoms with van der Waals surface area (Å²) in [4.78, 5) is 11.1. The molecule has 1 fully saturated rings. The van der Waals surface area contributed by atoms with Gasteiger partial charge in [-0.15, -0.1) is 0 Å². The van der Waals surface area contributed by atoms with Crippen LogP contribution in [0.5, 0.6) is 0 Å². The summed E-state index contributed by atoms with van der Waals surface area (Å²) in [5, 5.41) is 3.50. The average molecular weight is 285 g/mol. The van der Waals surface area contributed by atoms with Gasteiger partial charge in [-0.05, 0) is 13.8 Å². The molecular formula is C9H16F3N4OS+. The zero-order valence-corrected chi connectivity index (χ0v) is 11.3. The van der Waals surface area contributed by atoms with E-state index in [9.17, 15) is 18.0 Å². The number of quaternary nitrogens is 1. The van der Waals surface area contributed by atoms with Crippen molar-refractivity contribution < 1.29 is 22.9 Å². The lowest BCUT2D eigenvalue weighted by Crippen LogP contribution is -3.14. The summed E-state index contributed by atoms with van der Waals surface area (Å²) in [5.41, 5.74) is 1.30. The van der Waals surface area contributed by atoms with Crippen LogP contribution in [0.2, 0.25) is 0 Å². The molecule has 0 aliphatic carbocycles. The highest BCUT2D eigenvalue weighted by molar-refractivity contribution is 7.80. The number of likely N-dealkylation sites (N-methyl/N-ethyl adjacent to an activating group) is 1. The molecule has 0 aromatic carbocycles. The Kier molecular flexibility index (Phi) is 3.78. The predicted octanol–water partition coefficient (Wildman–Crippen LogP) is -0.345. The Bertz CT molecular complexity index is 369. The van der Waals surface area contributed by atoms with Crippen LogP contribution >= 0.6 is 12.2 Å². The summed E-state index contributed by atoms with van der Waals surface area (Å²) < 4.78 is 37.1. The molecular weight excluding hydrogens is 269 g/mol. The Morgan fingerprint density at radius 2 is 2.00 bits per heavy atom. The van der Waals surface area contributed by atoms with E-state index in [1.165, 1.54) is 0 Å². The molecule has 5 nitrogen and oxygen atoms in total. The molecule has 0 aromatic heterocycles. The largest absolute Gasteiger partial charge is 0.443 e. The molecule has 1 aliphatic heterocycles.